The second kappa shape index (κ2) is 7.85. The quantitative estimate of drug-likeness (QED) is 0.797. The molecule has 0 saturated heterocycles. The molecule has 0 aliphatic rings. The molecule has 114 valence electrons. The SMILES string of the molecule is CCCNc1ncccc1S(=O)(=O)N(C)C(C)CSC. The Labute approximate surface area is 126 Å². The Balaban J connectivity index is 3.08. The van der Waals surface area contributed by atoms with Crippen molar-refractivity contribution < 1.29 is 8.42 Å². The van der Waals surface area contributed by atoms with E-state index in [1.54, 1.807) is 37.1 Å². The fourth-order valence-corrected chi connectivity index (χ4v) is 3.99. The average molecular weight is 317 g/mol. The summed E-state index contributed by atoms with van der Waals surface area (Å²) in [5.41, 5.74) is 0. The third kappa shape index (κ3) is 4.10. The summed E-state index contributed by atoms with van der Waals surface area (Å²) in [4.78, 5) is 4.39. The lowest BCUT2D eigenvalue weighted by molar-refractivity contribution is 0.415. The molecule has 0 radical (unpaired) electrons. The van der Waals surface area contributed by atoms with Crippen molar-refractivity contribution in [1.29, 1.82) is 0 Å². The Kier molecular flexibility index (Phi) is 6.78. The number of anilines is 1. The second-order valence-corrected chi connectivity index (χ2v) is 7.48. The van der Waals surface area contributed by atoms with Gasteiger partial charge in [-0.1, -0.05) is 6.92 Å². The molecule has 1 aromatic rings. The molecule has 1 N–H and O–H groups in total. The maximum absolute atomic E-state index is 12.7. The van der Waals surface area contributed by atoms with Crippen molar-refractivity contribution in [2.45, 2.75) is 31.2 Å². The Morgan fingerprint density at radius 3 is 2.80 bits per heavy atom. The van der Waals surface area contributed by atoms with Crippen LogP contribution < -0.4 is 5.32 Å². The van der Waals surface area contributed by atoms with Gasteiger partial charge in [-0.15, -0.1) is 0 Å². The number of aromatic nitrogens is 1. The number of hydrogen-bond acceptors (Lipinski definition) is 5. The minimum absolute atomic E-state index is 0.0609. The number of hydrogen-bond donors (Lipinski definition) is 1. The van der Waals surface area contributed by atoms with E-state index in [0.717, 1.165) is 12.2 Å². The van der Waals surface area contributed by atoms with E-state index < -0.39 is 10.0 Å². The van der Waals surface area contributed by atoms with Gasteiger partial charge < -0.3 is 5.32 Å². The first-order valence-electron chi connectivity index (χ1n) is 6.61. The van der Waals surface area contributed by atoms with Gasteiger partial charge in [-0.25, -0.2) is 13.4 Å². The van der Waals surface area contributed by atoms with Gasteiger partial charge in [0.2, 0.25) is 10.0 Å². The summed E-state index contributed by atoms with van der Waals surface area (Å²) in [7, 11) is -1.91. The largest absolute Gasteiger partial charge is 0.369 e. The van der Waals surface area contributed by atoms with Gasteiger partial charge in [-0.3, -0.25) is 0 Å². The summed E-state index contributed by atoms with van der Waals surface area (Å²) >= 11 is 1.63. The highest BCUT2D eigenvalue weighted by Crippen LogP contribution is 2.23. The van der Waals surface area contributed by atoms with E-state index in [0.29, 0.717) is 12.4 Å². The molecule has 1 aromatic heterocycles. The Bertz CT molecular complexity index is 520. The van der Waals surface area contributed by atoms with Gasteiger partial charge in [0.1, 0.15) is 10.7 Å². The van der Waals surface area contributed by atoms with Crippen LogP contribution in [0.5, 0.6) is 0 Å². The third-order valence-corrected chi connectivity index (χ3v) is 5.82. The minimum atomic E-state index is -3.53. The fourth-order valence-electron chi connectivity index (χ4n) is 1.71. The smallest absolute Gasteiger partial charge is 0.246 e. The van der Waals surface area contributed by atoms with E-state index in [1.165, 1.54) is 4.31 Å². The molecule has 0 spiro atoms. The maximum atomic E-state index is 12.7. The lowest BCUT2D eigenvalue weighted by atomic mass is 10.4. The molecule has 0 saturated carbocycles. The van der Waals surface area contributed by atoms with Gasteiger partial charge in [-0.2, -0.15) is 16.1 Å². The van der Waals surface area contributed by atoms with Crippen LogP contribution in [0.15, 0.2) is 23.2 Å². The van der Waals surface area contributed by atoms with Crippen molar-refractivity contribution in [3.63, 3.8) is 0 Å². The molecule has 0 aliphatic heterocycles. The first kappa shape index (κ1) is 17.3. The summed E-state index contributed by atoms with van der Waals surface area (Å²) in [6.07, 6.45) is 4.48. The molecular formula is C13H23N3O2S2. The monoisotopic (exact) mass is 317 g/mol. The lowest BCUT2D eigenvalue weighted by Gasteiger charge is -2.24. The van der Waals surface area contributed by atoms with Crippen molar-refractivity contribution in [3.05, 3.63) is 18.3 Å². The molecule has 0 amide bonds. The van der Waals surface area contributed by atoms with Crippen molar-refractivity contribution in [3.8, 4) is 0 Å². The van der Waals surface area contributed by atoms with Crippen molar-refractivity contribution in [2.75, 3.05) is 30.9 Å². The lowest BCUT2D eigenvalue weighted by Crippen LogP contribution is -2.37. The summed E-state index contributed by atoms with van der Waals surface area (Å²) in [6, 6.07) is 3.19. The molecule has 1 heterocycles. The summed E-state index contributed by atoms with van der Waals surface area (Å²) in [5, 5.41) is 3.07. The Morgan fingerprint density at radius 1 is 1.50 bits per heavy atom. The highest BCUT2D eigenvalue weighted by molar-refractivity contribution is 7.98. The number of rotatable bonds is 8. The van der Waals surface area contributed by atoms with Crippen molar-refractivity contribution in [2.24, 2.45) is 0 Å². The predicted molar refractivity (Wildman–Crippen MR) is 85.8 cm³/mol. The van der Waals surface area contributed by atoms with E-state index in [4.69, 9.17) is 0 Å². The first-order chi connectivity index (χ1) is 9.45. The predicted octanol–water partition coefficient (Wildman–Crippen LogP) is 2.28. The molecule has 7 heteroatoms. The minimum Gasteiger partial charge on any atom is -0.369 e. The van der Waals surface area contributed by atoms with Crippen LogP contribution >= 0.6 is 11.8 Å². The number of nitrogens with zero attached hydrogens (tertiary/aromatic N) is 2. The van der Waals surface area contributed by atoms with Crippen LogP contribution in [0, 0.1) is 0 Å². The molecule has 5 nitrogen and oxygen atoms in total. The van der Waals surface area contributed by atoms with Crippen LogP contribution in [-0.4, -0.2) is 49.3 Å². The Morgan fingerprint density at radius 2 is 2.20 bits per heavy atom. The van der Waals surface area contributed by atoms with Gasteiger partial charge in [0.15, 0.2) is 0 Å². The molecule has 0 bridgehead atoms. The van der Waals surface area contributed by atoms with Gasteiger partial charge in [-0.05, 0) is 31.7 Å². The van der Waals surface area contributed by atoms with E-state index in [1.807, 2.05) is 20.1 Å². The van der Waals surface area contributed by atoms with Crippen LogP contribution in [-0.2, 0) is 10.0 Å². The van der Waals surface area contributed by atoms with Gasteiger partial charge in [0, 0.05) is 31.6 Å². The summed E-state index contributed by atoms with van der Waals surface area (Å²) < 4.78 is 26.8. The maximum Gasteiger partial charge on any atom is 0.246 e. The zero-order chi connectivity index (χ0) is 15.2. The number of sulfonamides is 1. The first-order valence-corrected chi connectivity index (χ1v) is 9.44. The van der Waals surface area contributed by atoms with Gasteiger partial charge in [0.05, 0.1) is 0 Å². The van der Waals surface area contributed by atoms with Gasteiger partial charge >= 0.3 is 0 Å². The fraction of sp³-hybridized carbons (Fsp3) is 0.615. The van der Waals surface area contributed by atoms with E-state index >= 15 is 0 Å². The molecule has 0 aliphatic carbocycles. The topological polar surface area (TPSA) is 62.3 Å². The van der Waals surface area contributed by atoms with E-state index in [2.05, 4.69) is 10.3 Å². The van der Waals surface area contributed by atoms with Gasteiger partial charge in [0.25, 0.3) is 0 Å². The van der Waals surface area contributed by atoms with E-state index in [-0.39, 0.29) is 10.9 Å². The number of nitrogens with one attached hydrogen (secondary N) is 1. The van der Waals surface area contributed by atoms with Crippen LogP contribution in [0.25, 0.3) is 0 Å². The zero-order valence-electron chi connectivity index (χ0n) is 12.5. The molecule has 0 aromatic carbocycles. The van der Waals surface area contributed by atoms with Crippen molar-refractivity contribution in [1.82, 2.24) is 9.29 Å². The van der Waals surface area contributed by atoms with E-state index in [9.17, 15) is 8.42 Å². The normalized spacial score (nSPS) is 13.4. The van der Waals surface area contributed by atoms with Crippen LogP contribution in [0.4, 0.5) is 5.82 Å². The second-order valence-electron chi connectivity index (χ2n) is 4.60. The molecule has 1 rings (SSSR count). The molecule has 0 fully saturated rings. The Hall–Kier alpha value is -0.790. The molecule has 1 unspecified atom stereocenters. The van der Waals surface area contributed by atoms with Crippen molar-refractivity contribution >= 4 is 27.6 Å². The van der Waals surface area contributed by atoms with Crippen LogP contribution in [0.3, 0.4) is 0 Å². The number of pyridine rings is 1. The number of thioether (sulfide) groups is 1. The third-order valence-electron chi connectivity index (χ3n) is 3.00. The van der Waals surface area contributed by atoms with Crippen LogP contribution in [0.1, 0.15) is 20.3 Å². The summed E-state index contributed by atoms with van der Waals surface area (Å²) in [6.45, 7) is 4.63. The molecule has 20 heavy (non-hydrogen) atoms. The van der Waals surface area contributed by atoms with Crippen LogP contribution in [0.2, 0.25) is 0 Å². The highest BCUT2D eigenvalue weighted by atomic mass is 32.2. The molecular weight excluding hydrogens is 294 g/mol. The zero-order valence-corrected chi connectivity index (χ0v) is 14.1. The molecule has 1 atom stereocenters. The highest BCUT2D eigenvalue weighted by Gasteiger charge is 2.27. The summed E-state index contributed by atoms with van der Waals surface area (Å²) in [5.74, 6) is 1.19. The average Bonchev–Trinajstić information content (AvgIpc) is 2.44. The standard InChI is InChI=1S/C13H23N3O2S2/c1-5-8-14-13-12(7-6-9-15-13)20(17,18)16(3)11(2)10-19-4/h6-7,9,11H,5,8,10H2,1-4H3,(H,14,15).